The Bertz CT molecular complexity index is 531. The Hall–Kier alpha value is -1.59. The van der Waals surface area contributed by atoms with Crippen molar-refractivity contribution < 1.29 is 9.59 Å². The number of hydrogen-bond donors (Lipinski definition) is 3. The number of nitrogens with one attached hydrogen (secondary N) is 3. The van der Waals surface area contributed by atoms with Crippen LogP contribution in [0.4, 0.5) is 0 Å². The average Bonchev–Trinajstić information content (AvgIpc) is 2.59. The SMILES string of the molecule is CC(C)C(NC(=O)Cc1ccccc1)C(=O)NCC1CCCNC1.Cl. The van der Waals surface area contributed by atoms with Crippen LogP contribution in [-0.2, 0) is 16.0 Å². The normalized spacial score (nSPS) is 18.1. The fourth-order valence-electron chi connectivity index (χ4n) is 2.99. The third-order valence-corrected chi connectivity index (χ3v) is 4.44. The Labute approximate surface area is 156 Å². The summed E-state index contributed by atoms with van der Waals surface area (Å²) in [5.41, 5.74) is 0.950. The highest BCUT2D eigenvalue weighted by Gasteiger charge is 2.25. The number of hydrogen-bond acceptors (Lipinski definition) is 3. The lowest BCUT2D eigenvalue weighted by molar-refractivity contribution is -0.129. The number of carbonyl (C=O) groups is 2. The summed E-state index contributed by atoms with van der Waals surface area (Å²) in [7, 11) is 0. The van der Waals surface area contributed by atoms with Crippen molar-refractivity contribution in [1.82, 2.24) is 16.0 Å². The average molecular weight is 368 g/mol. The molecule has 2 amide bonds. The van der Waals surface area contributed by atoms with Gasteiger partial charge in [-0.2, -0.15) is 0 Å². The molecule has 0 spiro atoms. The summed E-state index contributed by atoms with van der Waals surface area (Å²) in [4.78, 5) is 24.7. The first-order valence-corrected chi connectivity index (χ1v) is 8.88. The highest BCUT2D eigenvalue weighted by atomic mass is 35.5. The Kier molecular flexibility index (Phi) is 9.53. The van der Waals surface area contributed by atoms with Gasteiger partial charge >= 0.3 is 0 Å². The molecule has 1 heterocycles. The third-order valence-electron chi connectivity index (χ3n) is 4.44. The molecule has 2 rings (SSSR count). The first kappa shape index (κ1) is 21.5. The second kappa shape index (κ2) is 11.1. The molecule has 1 aliphatic rings. The molecular weight excluding hydrogens is 338 g/mol. The minimum atomic E-state index is -0.488. The van der Waals surface area contributed by atoms with Gasteiger partial charge in [0.05, 0.1) is 6.42 Å². The first-order valence-electron chi connectivity index (χ1n) is 8.88. The molecule has 1 fully saturated rings. The number of benzene rings is 1. The van der Waals surface area contributed by atoms with Gasteiger partial charge in [-0.1, -0.05) is 44.2 Å². The lowest BCUT2D eigenvalue weighted by atomic mass is 9.98. The molecule has 5 nitrogen and oxygen atoms in total. The van der Waals surface area contributed by atoms with E-state index in [4.69, 9.17) is 0 Å². The highest BCUT2D eigenvalue weighted by molar-refractivity contribution is 5.88. The van der Waals surface area contributed by atoms with Crippen molar-refractivity contribution in [3.05, 3.63) is 35.9 Å². The van der Waals surface area contributed by atoms with E-state index in [0.717, 1.165) is 31.5 Å². The van der Waals surface area contributed by atoms with Crippen LogP contribution in [0.3, 0.4) is 0 Å². The predicted molar refractivity (Wildman–Crippen MR) is 103 cm³/mol. The zero-order valence-corrected chi connectivity index (χ0v) is 15.9. The van der Waals surface area contributed by atoms with Gasteiger partial charge in [-0.25, -0.2) is 0 Å². The zero-order chi connectivity index (χ0) is 17.4. The molecule has 1 saturated heterocycles. The molecule has 140 valence electrons. The monoisotopic (exact) mass is 367 g/mol. The highest BCUT2D eigenvalue weighted by Crippen LogP contribution is 2.09. The van der Waals surface area contributed by atoms with Gasteiger partial charge in [0.25, 0.3) is 0 Å². The van der Waals surface area contributed by atoms with Crippen LogP contribution in [-0.4, -0.2) is 37.5 Å². The largest absolute Gasteiger partial charge is 0.354 e. The van der Waals surface area contributed by atoms with E-state index in [1.165, 1.54) is 0 Å². The smallest absolute Gasteiger partial charge is 0.242 e. The van der Waals surface area contributed by atoms with Gasteiger partial charge in [0.1, 0.15) is 6.04 Å². The second-order valence-electron chi connectivity index (χ2n) is 6.91. The maximum Gasteiger partial charge on any atom is 0.242 e. The molecule has 0 bridgehead atoms. The van der Waals surface area contributed by atoms with Crippen molar-refractivity contribution in [3.63, 3.8) is 0 Å². The van der Waals surface area contributed by atoms with Crippen LogP contribution >= 0.6 is 12.4 Å². The summed E-state index contributed by atoms with van der Waals surface area (Å²) in [5.74, 6) is 0.330. The van der Waals surface area contributed by atoms with Gasteiger partial charge in [-0.05, 0) is 43.3 Å². The Balaban J connectivity index is 0.00000312. The van der Waals surface area contributed by atoms with Crippen LogP contribution in [0.15, 0.2) is 30.3 Å². The van der Waals surface area contributed by atoms with Crippen molar-refractivity contribution in [2.45, 2.75) is 39.2 Å². The molecule has 25 heavy (non-hydrogen) atoms. The number of amides is 2. The van der Waals surface area contributed by atoms with E-state index in [9.17, 15) is 9.59 Å². The summed E-state index contributed by atoms with van der Waals surface area (Å²) < 4.78 is 0. The van der Waals surface area contributed by atoms with Crippen LogP contribution in [0, 0.1) is 11.8 Å². The minimum absolute atomic E-state index is 0. The van der Waals surface area contributed by atoms with Crippen LogP contribution in [0.25, 0.3) is 0 Å². The maximum absolute atomic E-state index is 12.5. The summed E-state index contributed by atoms with van der Waals surface area (Å²) in [6, 6.07) is 9.09. The maximum atomic E-state index is 12.5. The van der Waals surface area contributed by atoms with Crippen molar-refractivity contribution in [1.29, 1.82) is 0 Å². The summed E-state index contributed by atoms with van der Waals surface area (Å²) in [6.45, 7) is 6.59. The van der Waals surface area contributed by atoms with Gasteiger partial charge in [-0.3, -0.25) is 9.59 Å². The summed E-state index contributed by atoms with van der Waals surface area (Å²) in [6.07, 6.45) is 2.59. The molecule has 0 aromatic heterocycles. The minimum Gasteiger partial charge on any atom is -0.354 e. The van der Waals surface area contributed by atoms with Crippen LogP contribution in [0.1, 0.15) is 32.3 Å². The molecule has 1 aromatic carbocycles. The molecule has 1 aliphatic heterocycles. The predicted octanol–water partition coefficient (Wildman–Crippen LogP) is 1.91. The van der Waals surface area contributed by atoms with Gasteiger partial charge in [0.2, 0.25) is 11.8 Å². The topological polar surface area (TPSA) is 70.2 Å². The van der Waals surface area contributed by atoms with E-state index in [-0.39, 0.29) is 30.1 Å². The molecular formula is C19H30ClN3O2. The summed E-state index contributed by atoms with van der Waals surface area (Å²) in [5, 5.41) is 9.24. The molecule has 6 heteroatoms. The van der Waals surface area contributed by atoms with Crippen LogP contribution < -0.4 is 16.0 Å². The van der Waals surface area contributed by atoms with Crippen molar-refractivity contribution >= 4 is 24.2 Å². The molecule has 1 aromatic rings. The van der Waals surface area contributed by atoms with Crippen LogP contribution in [0.5, 0.6) is 0 Å². The third kappa shape index (κ3) is 7.45. The molecule has 2 unspecified atom stereocenters. The van der Waals surface area contributed by atoms with E-state index in [0.29, 0.717) is 18.9 Å². The quantitative estimate of drug-likeness (QED) is 0.689. The lowest BCUT2D eigenvalue weighted by Crippen LogP contribution is -2.51. The van der Waals surface area contributed by atoms with E-state index in [1.807, 2.05) is 44.2 Å². The number of halogens is 1. The number of carbonyl (C=O) groups excluding carboxylic acids is 2. The standard InChI is InChI=1S/C19H29N3O2.ClH/c1-14(2)18(19(24)21-13-16-9-6-10-20-12-16)22-17(23)11-15-7-4-3-5-8-15;/h3-5,7-8,14,16,18,20H,6,9-13H2,1-2H3,(H,21,24)(H,22,23);1H. The Morgan fingerprint density at radius 2 is 1.96 bits per heavy atom. The van der Waals surface area contributed by atoms with Gasteiger partial charge in [-0.15, -0.1) is 12.4 Å². The van der Waals surface area contributed by atoms with Crippen molar-refractivity contribution in [2.75, 3.05) is 19.6 Å². The molecule has 0 aliphatic carbocycles. The molecule has 2 atom stereocenters. The second-order valence-corrected chi connectivity index (χ2v) is 6.91. The Morgan fingerprint density at radius 3 is 2.56 bits per heavy atom. The molecule has 0 radical (unpaired) electrons. The van der Waals surface area contributed by atoms with Gasteiger partial charge in [0.15, 0.2) is 0 Å². The zero-order valence-electron chi connectivity index (χ0n) is 15.1. The van der Waals surface area contributed by atoms with Crippen molar-refractivity contribution in [3.8, 4) is 0 Å². The fourth-order valence-corrected chi connectivity index (χ4v) is 2.99. The Morgan fingerprint density at radius 1 is 1.24 bits per heavy atom. The van der Waals surface area contributed by atoms with E-state index in [2.05, 4.69) is 16.0 Å². The van der Waals surface area contributed by atoms with E-state index in [1.54, 1.807) is 0 Å². The van der Waals surface area contributed by atoms with E-state index >= 15 is 0 Å². The van der Waals surface area contributed by atoms with Gasteiger partial charge < -0.3 is 16.0 Å². The molecule has 0 saturated carbocycles. The lowest BCUT2D eigenvalue weighted by Gasteiger charge is -2.26. The van der Waals surface area contributed by atoms with Crippen molar-refractivity contribution in [2.24, 2.45) is 11.8 Å². The molecule has 3 N–H and O–H groups in total. The number of piperidine rings is 1. The van der Waals surface area contributed by atoms with Gasteiger partial charge in [0, 0.05) is 6.54 Å². The summed E-state index contributed by atoms with van der Waals surface area (Å²) >= 11 is 0. The van der Waals surface area contributed by atoms with E-state index < -0.39 is 6.04 Å². The van der Waals surface area contributed by atoms with Crippen LogP contribution in [0.2, 0.25) is 0 Å². The fraction of sp³-hybridized carbons (Fsp3) is 0.579. The first-order chi connectivity index (χ1) is 11.6. The number of rotatable bonds is 7.